The smallest absolute Gasteiger partial charge is 0.137 e. The first-order valence-electron chi connectivity index (χ1n) is 8.77. The summed E-state index contributed by atoms with van der Waals surface area (Å²) in [5.74, 6) is 0.875. The van der Waals surface area contributed by atoms with E-state index in [2.05, 4.69) is 34.1 Å². The van der Waals surface area contributed by atoms with Crippen molar-refractivity contribution in [3.05, 3.63) is 53.6 Å². The Labute approximate surface area is 143 Å². The summed E-state index contributed by atoms with van der Waals surface area (Å²) in [5, 5.41) is 10.5. The van der Waals surface area contributed by atoms with Crippen LogP contribution in [0.15, 0.2) is 36.7 Å². The van der Waals surface area contributed by atoms with E-state index in [1.807, 2.05) is 24.6 Å². The molecule has 3 rings (SSSR count). The minimum absolute atomic E-state index is 0.0564. The zero-order valence-corrected chi connectivity index (χ0v) is 14.6. The van der Waals surface area contributed by atoms with E-state index in [0.717, 1.165) is 25.3 Å². The molecule has 1 aromatic heterocycles. The van der Waals surface area contributed by atoms with E-state index in [0.29, 0.717) is 19.7 Å². The molecule has 1 N–H and O–H groups in total. The number of fused-ring (bicyclic) bond motifs is 1. The number of hydrogen-bond donors (Lipinski definition) is 1. The van der Waals surface area contributed by atoms with Crippen molar-refractivity contribution in [2.45, 2.75) is 45.6 Å². The summed E-state index contributed by atoms with van der Waals surface area (Å²) in [6, 6.07) is 8.58. The first-order chi connectivity index (χ1) is 11.7. The minimum atomic E-state index is -0.419. The highest BCUT2D eigenvalue weighted by Crippen LogP contribution is 2.19. The Balaban J connectivity index is 1.57. The Bertz CT molecular complexity index is 656. The maximum Gasteiger partial charge on any atom is 0.137 e. The molecule has 0 saturated heterocycles. The van der Waals surface area contributed by atoms with Crippen LogP contribution in [0.5, 0.6) is 0 Å². The largest absolute Gasteiger partial charge is 0.390 e. The molecule has 2 aromatic rings. The van der Waals surface area contributed by atoms with Crippen molar-refractivity contribution in [2.24, 2.45) is 0 Å². The van der Waals surface area contributed by atoms with Gasteiger partial charge in [0, 0.05) is 38.6 Å². The number of ether oxygens (including phenoxy) is 1. The van der Waals surface area contributed by atoms with E-state index >= 15 is 0 Å². The van der Waals surface area contributed by atoms with Crippen LogP contribution < -0.4 is 0 Å². The number of benzene rings is 1. The number of aromatic nitrogens is 2. The molecule has 0 saturated carbocycles. The van der Waals surface area contributed by atoms with E-state index in [-0.39, 0.29) is 6.10 Å². The number of nitrogens with zero attached hydrogens (tertiary/aromatic N) is 3. The van der Waals surface area contributed by atoms with Gasteiger partial charge >= 0.3 is 0 Å². The summed E-state index contributed by atoms with van der Waals surface area (Å²) in [6.45, 7) is 7.77. The summed E-state index contributed by atoms with van der Waals surface area (Å²) in [7, 11) is 0. The quantitative estimate of drug-likeness (QED) is 0.847. The number of β-amino-alcohol motifs (C(OH)–C–C–N with tert-alkyl or cyclic N) is 1. The fraction of sp³-hybridized carbons (Fsp3) is 0.526. The molecule has 0 unspecified atom stereocenters. The van der Waals surface area contributed by atoms with E-state index in [4.69, 9.17) is 4.74 Å². The molecule has 1 aromatic carbocycles. The Kier molecular flexibility index (Phi) is 5.66. The molecular formula is C19H27N3O2. The second kappa shape index (κ2) is 7.92. The van der Waals surface area contributed by atoms with Gasteiger partial charge in [0.05, 0.1) is 12.6 Å². The van der Waals surface area contributed by atoms with Crippen LogP contribution in [0.3, 0.4) is 0 Å². The molecule has 0 fully saturated rings. The van der Waals surface area contributed by atoms with E-state index in [1.165, 1.54) is 11.1 Å². The maximum atomic E-state index is 10.5. The van der Waals surface area contributed by atoms with Gasteiger partial charge in [-0.25, -0.2) is 4.98 Å². The lowest BCUT2D eigenvalue weighted by Crippen LogP contribution is -2.38. The molecule has 2 atom stereocenters. The van der Waals surface area contributed by atoms with Crippen molar-refractivity contribution in [3.63, 3.8) is 0 Å². The molecule has 2 heterocycles. The van der Waals surface area contributed by atoms with Crippen LogP contribution in [0, 0.1) is 0 Å². The SMILES string of the molecule is CCO[C@H](C)c1nccn1C[C@H](O)CN1CCc2ccccc2C1. The highest BCUT2D eigenvalue weighted by atomic mass is 16.5. The Morgan fingerprint density at radius 3 is 2.83 bits per heavy atom. The summed E-state index contributed by atoms with van der Waals surface area (Å²) < 4.78 is 7.62. The third-order valence-electron chi connectivity index (χ3n) is 4.61. The lowest BCUT2D eigenvalue weighted by molar-refractivity contribution is 0.0601. The molecule has 0 bridgehead atoms. The molecule has 0 radical (unpaired) electrons. The van der Waals surface area contributed by atoms with Crippen LogP contribution in [0.1, 0.15) is 36.9 Å². The maximum absolute atomic E-state index is 10.5. The van der Waals surface area contributed by atoms with Gasteiger partial charge < -0.3 is 14.4 Å². The van der Waals surface area contributed by atoms with Crippen molar-refractivity contribution >= 4 is 0 Å². The van der Waals surface area contributed by atoms with Crippen LogP contribution in [-0.2, 0) is 24.2 Å². The summed E-state index contributed by atoms with van der Waals surface area (Å²) in [5.41, 5.74) is 2.81. The average Bonchev–Trinajstić information content (AvgIpc) is 3.03. The van der Waals surface area contributed by atoms with Crippen molar-refractivity contribution in [2.75, 3.05) is 19.7 Å². The topological polar surface area (TPSA) is 50.5 Å². The van der Waals surface area contributed by atoms with Gasteiger partial charge in [-0.3, -0.25) is 4.90 Å². The van der Waals surface area contributed by atoms with Crippen LogP contribution >= 0.6 is 0 Å². The number of aliphatic hydroxyl groups is 1. The second-order valence-electron chi connectivity index (χ2n) is 6.44. The minimum Gasteiger partial charge on any atom is -0.390 e. The van der Waals surface area contributed by atoms with Gasteiger partial charge in [-0.1, -0.05) is 24.3 Å². The monoisotopic (exact) mass is 329 g/mol. The van der Waals surface area contributed by atoms with Gasteiger partial charge in [-0.2, -0.15) is 0 Å². The third kappa shape index (κ3) is 4.04. The Morgan fingerprint density at radius 1 is 1.25 bits per heavy atom. The van der Waals surface area contributed by atoms with Crippen molar-refractivity contribution in [3.8, 4) is 0 Å². The van der Waals surface area contributed by atoms with Crippen LogP contribution in [0.2, 0.25) is 0 Å². The average molecular weight is 329 g/mol. The van der Waals surface area contributed by atoms with Crippen molar-refractivity contribution in [1.29, 1.82) is 0 Å². The third-order valence-corrected chi connectivity index (χ3v) is 4.61. The molecule has 24 heavy (non-hydrogen) atoms. The van der Waals surface area contributed by atoms with Gasteiger partial charge in [-0.05, 0) is 31.4 Å². The zero-order chi connectivity index (χ0) is 16.9. The number of imidazole rings is 1. The number of rotatable bonds is 7. The molecule has 1 aliphatic rings. The summed E-state index contributed by atoms with van der Waals surface area (Å²) in [6.07, 6.45) is 4.27. The molecule has 5 heteroatoms. The predicted molar refractivity (Wildman–Crippen MR) is 93.7 cm³/mol. The van der Waals surface area contributed by atoms with Crippen LogP contribution in [0.4, 0.5) is 0 Å². The van der Waals surface area contributed by atoms with Crippen molar-refractivity contribution in [1.82, 2.24) is 14.5 Å². The second-order valence-corrected chi connectivity index (χ2v) is 6.44. The van der Waals surface area contributed by atoms with Gasteiger partial charge in [0.25, 0.3) is 0 Å². The molecule has 0 amide bonds. The molecule has 0 aliphatic carbocycles. The lowest BCUT2D eigenvalue weighted by Gasteiger charge is -2.30. The van der Waals surface area contributed by atoms with Crippen LogP contribution in [-0.4, -0.2) is 45.4 Å². The summed E-state index contributed by atoms with van der Waals surface area (Å²) >= 11 is 0. The van der Waals surface area contributed by atoms with Gasteiger partial charge in [0.15, 0.2) is 0 Å². The highest BCUT2D eigenvalue weighted by molar-refractivity contribution is 5.29. The molecule has 130 valence electrons. The molecule has 1 aliphatic heterocycles. The fourth-order valence-corrected chi connectivity index (χ4v) is 3.45. The highest BCUT2D eigenvalue weighted by Gasteiger charge is 2.20. The summed E-state index contributed by atoms with van der Waals surface area (Å²) in [4.78, 5) is 6.71. The number of hydrogen-bond acceptors (Lipinski definition) is 4. The predicted octanol–water partition coefficient (Wildman–Crippen LogP) is 2.40. The Hall–Kier alpha value is -1.69. The zero-order valence-electron chi connectivity index (χ0n) is 14.6. The van der Waals surface area contributed by atoms with E-state index < -0.39 is 6.10 Å². The normalized spacial score (nSPS) is 17.5. The molecule has 5 nitrogen and oxygen atoms in total. The first kappa shape index (κ1) is 17.1. The van der Waals surface area contributed by atoms with Gasteiger partial charge in [-0.15, -0.1) is 0 Å². The van der Waals surface area contributed by atoms with E-state index in [9.17, 15) is 5.11 Å². The van der Waals surface area contributed by atoms with Gasteiger partial charge in [0.2, 0.25) is 0 Å². The van der Waals surface area contributed by atoms with E-state index in [1.54, 1.807) is 6.20 Å². The standard InChI is InChI=1S/C19H27N3O2/c1-3-24-15(2)19-20-9-11-22(19)14-18(23)13-21-10-8-16-6-4-5-7-17(16)12-21/h4-7,9,11,15,18,23H,3,8,10,12-14H2,1-2H3/t15-,18-/m1/s1. The fourth-order valence-electron chi connectivity index (χ4n) is 3.45. The first-order valence-corrected chi connectivity index (χ1v) is 8.77. The van der Waals surface area contributed by atoms with Crippen molar-refractivity contribution < 1.29 is 9.84 Å². The Morgan fingerprint density at radius 2 is 2.04 bits per heavy atom. The van der Waals surface area contributed by atoms with Gasteiger partial charge in [0.1, 0.15) is 11.9 Å². The number of aliphatic hydroxyl groups excluding tert-OH is 1. The molecular weight excluding hydrogens is 302 g/mol. The molecule has 0 spiro atoms. The lowest BCUT2D eigenvalue weighted by atomic mass is 10.00. The van der Waals surface area contributed by atoms with Crippen LogP contribution in [0.25, 0.3) is 0 Å².